The van der Waals surface area contributed by atoms with Gasteiger partial charge in [-0.2, -0.15) is 0 Å². The van der Waals surface area contributed by atoms with E-state index in [1.54, 1.807) is 7.11 Å². The van der Waals surface area contributed by atoms with Crippen molar-refractivity contribution in [2.75, 3.05) is 19.0 Å². The smallest absolute Gasteiger partial charge is 0.0630 e. The molecule has 0 amide bonds. The molecular formula is C15H23NO2. The van der Waals surface area contributed by atoms with Gasteiger partial charge in [-0.05, 0) is 24.5 Å². The number of methoxy groups -OCH3 is 1. The summed E-state index contributed by atoms with van der Waals surface area (Å²) >= 11 is 0. The molecule has 0 aliphatic heterocycles. The van der Waals surface area contributed by atoms with Gasteiger partial charge in [0.1, 0.15) is 0 Å². The zero-order valence-corrected chi connectivity index (χ0v) is 11.4. The van der Waals surface area contributed by atoms with Crippen molar-refractivity contribution in [1.29, 1.82) is 0 Å². The highest BCUT2D eigenvalue weighted by molar-refractivity contribution is 5.52. The second kappa shape index (κ2) is 5.29. The number of ether oxygens (including phenoxy) is 1. The highest BCUT2D eigenvalue weighted by atomic mass is 16.5. The number of nitrogens with one attached hydrogen (secondary N) is 1. The van der Waals surface area contributed by atoms with Crippen molar-refractivity contribution in [2.45, 2.75) is 38.8 Å². The van der Waals surface area contributed by atoms with Crippen molar-refractivity contribution in [3.8, 4) is 0 Å². The summed E-state index contributed by atoms with van der Waals surface area (Å²) in [6, 6.07) is 8.67. The Labute approximate surface area is 109 Å². The Morgan fingerprint density at radius 3 is 2.72 bits per heavy atom. The summed E-state index contributed by atoms with van der Waals surface area (Å²) in [5.41, 5.74) is 2.39. The van der Waals surface area contributed by atoms with Crippen molar-refractivity contribution >= 4 is 5.69 Å². The molecule has 100 valence electrons. The molecule has 1 aliphatic rings. The molecule has 1 fully saturated rings. The van der Waals surface area contributed by atoms with Gasteiger partial charge in [0, 0.05) is 24.3 Å². The fourth-order valence-electron chi connectivity index (χ4n) is 2.43. The first-order chi connectivity index (χ1) is 8.55. The molecule has 0 saturated heterocycles. The molecule has 0 aromatic heterocycles. The average Bonchev–Trinajstić information content (AvgIpc) is 2.37. The minimum atomic E-state index is -0.193. The van der Waals surface area contributed by atoms with E-state index in [2.05, 4.69) is 37.4 Å². The van der Waals surface area contributed by atoms with Crippen LogP contribution in [0.2, 0.25) is 0 Å². The van der Waals surface area contributed by atoms with Crippen LogP contribution in [0.15, 0.2) is 24.3 Å². The van der Waals surface area contributed by atoms with Crippen LogP contribution in [0, 0.1) is 5.41 Å². The first-order valence-corrected chi connectivity index (χ1v) is 6.57. The normalized spacial score (nSPS) is 25.6. The van der Waals surface area contributed by atoms with Gasteiger partial charge in [0.05, 0.1) is 12.7 Å². The highest BCUT2D eigenvalue weighted by Crippen LogP contribution is 2.42. The number of rotatable bonds is 5. The van der Waals surface area contributed by atoms with Gasteiger partial charge < -0.3 is 15.2 Å². The van der Waals surface area contributed by atoms with E-state index in [-0.39, 0.29) is 11.5 Å². The predicted octanol–water partition coefficient (Wildman–Crippen LogP) is 2.45. The molecule has 1 saturated carbocycles. The molecule has 2 unspecified atom stereocenters. The van der Waals surface area contributed by atoms with Gasteiger partial charge in [-0.3, -0.25) is 0 Å². The number of hydrogen-bond acceptors (Lipinski definition) is 3. The Morgan fingerprint density at radius 2 is 2.11 bits per heavy atom. The molecule has 0 heterocycles. The topological polar surface area (TPSA) is 41.5 Å². The van der Waals surface area contributed by atoms with E-state index in [4.69, 9.17) is 4.74 Å². The Balaban J connectivity index is 2.05. The summed E-state index contributed by atoms with van der Waals surface area (Å²) in [7, 11) is 1.72. The van der Waals surface area contributed by atoms with Gasteiger partial charge in [-0.15, -0.1) is 0 Å². The number of para-hydroxylation sites is 1. The second-order valence-electron chi connectivity index (χ2n) is 5.67. The molecule has 3 nitrogen and oxygen atoms in total. The lowest BCUT2D eigenvalue weighted by Gasteiger charge is -2.50. The SMILES string of the molecule is COCCc1ccccc1NC1CC(O)C1(C)C. The number of anilines is 1. The van der Waals surface area contributed by atoms with Gasteiger partial charge in [0.25, 0.3) is 0 Å². The molecule has 2 atom stereocenters. The molecule has 0 spiro atoms. The summed E-state index contributed by atoms with van der Waals surface area (Å²) in [5, 5.41) is 13.3. The summed E-state index contributed by atoms with van der Waals surface area (Å²) in [6.45, 7) is 4.95. The molecule has 0 radical (unpaired) electrons. The van der Waals surface area contributed by atoms with Crippen LogP contribution in [0.4, 0.5) is 5.69 Å². The first kappa shape index (κ1) is 13.4. The van der Waals surface area contributed by atoms with Crippen molar-refractivity contribution in [3.05, 3.63) is 29.8 Å². The second-order valence-corrected chi connectivity index (χ2v) is 5.67. The van der Waals surface area contributed by atoms with E-state index >= 15 is 0 Å². The van der Waals surface area contributed by atoms with E-state index in [0.717, 1.165) is 19.4 Å². The van der Waals surface area contributed by atoms with Gasteiger partial charge in [0.15, 0.2) is 0 Å². The minimum Gasteiger partial charge on any atom is -0.392 e. The third kappa shape index (κ3) is 2.52. The monoisotopic (exact) mass is 249 g/mol. The number of aliphatic hydroxyl groups is 1. The highest BCUT2D eigenvalue weighted by Gasteiger charge is 2.47. The Bertz CT molecular complexity index is 403. The maximum atomic E-state index is 9.77. The minimum absolute atomic E-state index is 0.0473. The predicted molar refractivity (Wildman–Crippen MR) is 73.8 cm³/mol. The van der Waals surface area contributed by atoms with Crippen LogP contribution in [0.3, 0.4) is 0 Å². The Hall–Kier alpha value is -1.06. The van der Waals surface area contributed by atoms with E-state index < -0.39 is 0 Å². The quantitative estimate of drug-likeness (QED) is 0.842. The Morgan fingerprint density at radius 1 is 1.39 bits per heavy atom. The lowest BCUT2D eigenvalue weighted by atomic mass is 9.64. The van der Waals surface area contributed by atoms with Crippen LogP contribution < -0.4 is 5.32 Å². The molecule has 3 heteroatoms. The average molecular weight is 249 g/mol. The summed E-state index contributed by atoms with van der Waals surface area (Å²) in [4.78, 5) is 0. The van der Waals surface area contributed by atoms with E-state index in [9.17, 15) is 5.11 Å². The molecule has 1 aromatic rings. The van der Waals surface area contributed by atoms with E-state index in [1.807, 2.05) is 6.07 Å². The van der Waals surface area contributed by atoms with Crippen LogP contribution in [-0.4, -0.2) is 31.0 Å². The maximum Gasteiger partial charge on any atom is 0.0630 e. The first-order valence-electron chi connectivity index (χ1n) is 6.57. The van der Waals surface area contributed by atoms with Crippen LogP contribution in [-0.2, 0) is 11.2 Å². The largest absolute Gasteiger partial charge is 0.392 e. The van der Waals surface area contributed by atoms with Gasteiger partial charge in [-0.1, -0.05) is 32.0 Å². The van der Waals surface area contributed by atoms with Crippen LogP contribution in [0.25, 0.3) is 0 Å². The molecule has 1 aliphatic carbocycles. The van der Waals surface area contributed by atoms with Crippen molar-refractivity contribution in [1.82, 2.24) is 0 Å². The zero-order chi connectivity index (χ0) is 13.2. The van der Waals surface area contributed by atoms with Gasteiger partial charge in [0.2, 0.25) is 0 Å². The standard InChI is InChI=1S/C15H23NO2/c1-15(2)13(10-14(15)17)16-12-7-5-4-6-11(12)8-9-18-3/h4-7,13-14,16-17H,8-10H2,1-3H3. The third-order valence-corrected chi connectivity index (χ3v) is 4.14. The summed E-state index contributed by atoms with van der Waals surface area (Å²) < 4.78 is 5.14. The van der Waals surface area contributed by atoms with Crippen LogP contribution in [0.1, 0.15) is 25.8 Å². The van der Waals surface area contributed by atoms with Crippen LogP contribution >= 0.6 is 0 Å². The van der Waals surface area contributed by atoms with Crippen molar-refractivity contribution in [3.63, 3.8) is 0 Å². The van der Waals surface area contributed by atoms with Crippen LogP contribution in [0.5, 0.6) is 0 Å². The molecule has 2 rings (SSSR count). The van der Waals surface area contributed by atoms with Gasteiger partial charge >= 0.3 is 0 Å². The summed E-state index contributed by atoms with van der Waals surface area (Å²) in [6.07, 6.45) is 1.54. The lowest BCUT2D eigenvalue weighted by molar-refractivity contribution is -0.0510. The lowest BCUT2D eigenvalue weighted by Crippen LogP contribution is -2.57. The van der Waals surface area contributed by atoms with Crippen molar-refractivity contribution in [2.24, 2.45) is 5.41 Å². The number of aliphatic hydroxyl groups excluding tert-OH is 1. The van der Waals surface area contributed by atoms with Gasteiger partial charge in [-0.25, -0.2) is 0 Å². The fourth-order valence-corrected chi connectivity index (χ4v) is 2.43. The molecule has 2 N–H and O–H groups in total. The summed E-state index contributed by atoms with van der Waals surface area (Å²) in [5.74, 6) is 0. The van der Waals surface area contributed by atoms with Crippen molar-refractivity contribution < 1.29 is 9.84 Å². The molecule has 18 heavy (non-hydrogen) atoms. The molecule has 0 bridgehead atoms. The molecule has 1 aromatic carbocycles. The molecular weight excluding hydrogens is 226 g/mol. The number of benzene rings is 1. The zero-order valence-electron chi connectivity index (χ0n) is 11.4. The third-order valence-electron chi connectivity index (χ3n) is 4.14. The maximum absolute atomic E-state index is 9.77. The number of hydrogen-bond donors (Lipinski definition) is 2. The fraction of sp³-hybridized carbons (Fsp3) is 0.600. The van der Waals surface area contributed by atoms with E-state index in [1.165, 1.54) is 11.3 Å². The van der Waals surface area contributed by atoms with E-state index in [0.29, 0.717) is 6.04 Å². The Kier molecular flexibility index (Phi) is 3.93.